The number of rotatable bonds is 4. The normalized spacial score (nSPS) is 27.5. The molecule has 1 saturated heterocycles. The molecular formula is C15H22O4. The van der Waals surface area contributed by atoms with Gasteiger partial charge in [-0.1, -0.05) is 6.92 Å². The number of esters is 1. The Labute approximate surface area is 114 Å². The Morgan fingerprint density at radius 2 is 2.32 bits per heavy atom. The second-order valence-corrected chi connectivity index (χ2v) is 5.76. The highest BCUT2D eigenvalue weighted by Gasteiger charge is 2.50. The van der Waals surface area contributed by atoms with E-state index in [4.69, 9.17) is 13.9 Å². The molecule has 0 radical (unpaired) electrons. The van der Waals surface area contributed by atoms with Crippen molar-refractivity contribution in [1.29, 1.82) is 0 Å². The van der Waals surface area contributed by atoms with Crippen molar-refractivity contribution in [2.45, 2.75) is 52.2 Å². The Bertz CT molecular complexity index is 435. The predicted octanol–water partition coefficient (Wildman–Crippen LogP) is 3.26. The summed E-state index contributed by atoms with van der Waals surface area (Å²) in [5.74, 6) is 0.460. The predicted molar refractivity (Wildman–Crippen MR) is 70.6 cm³/mol. The van der Waals surface area contributed by atoms with Crippen LogP contribution in [0.3, 0.4) is 0 Å². The van der Waals surface area contributed by atoms with E-state index in [0.29, 0.717) is 18.8 Å². The molecule has 0 spiro atoms. The lowest BCUT2D eigenvalue weighted by Gasteiger charge is -2.33. The van der Waals surface area contributed by atoms with Crippen molar-refractivity contribution in [2.24, 2.45) is 5.41 Å². The van der Waals surface area contributed by atoms with Crippen molar-refractivity contribution in [2.75, 3.05) is 6.61 Å². The van der Waals surface area contributed by atoms with Gasteiger partial charge in [0.05, 0.1) is 18.3 Å². The van der Waals surface area contributed by atoms with E-state index in [1.54, 1.807) is 12.3 Å². The molecule has 19 heavy (non-hydrogen) atoms. The zero-order valence-electron chi connectivity index (χ0n) is 12.1. The van der Waals surface area contributed by atoms with Crippen molar-refractivity contribution in [3.8, 4) is 0 Å². The second-order valence-electron chi connectivity index (χ2n) is 5.76. The third kappa shape index (κ3) is 2.41. The minimum atomic E-state index is -0.785. The van der Waals surface area contributed by atoms with Crippen molar-refractivity contribution in [1.82, 2.24) is 0 Å². The Hall–Kier alpha value is -1.29. The quantitative estimate of drug-likeness (QED) is 0.785. The van der Waals surface area contributed by atoms with Crippen LogP contribution in [0.5, 0.6) is 0 Å². The van der Waals surface area contributed by atoms with E-state index in [2.05, 4.69) is 0 Å². The molecular weight excluding hydrogens is 244 g/mol. The monoisotopic (exact) mass is 266 g/mol. The SMILES string of the molecule is CCC(C)(C)C(=O)OC1(c2ccco2)CCOC1C. The van der Waals surface area contributed by atoms with Crippen LogP contribution < -0.4 is 0 Å². The maximum atomic E-state index is 12.4. The van der Waals surface area contributed by atoms with Crippen LogP contribution in [0, 0.1) is 5.41 Å². The maximum absolute atomic E-state index is 12.4. The fourth-order valence-corrected chi connectivity index (χ4v) is 2.20. The van der Waals surface area contributed by atoms with Gasteiger partial charge in [0.25, 0.3) is 0 Å². The molecule has 4 heteroatoms. The van der Waals surface area contributed by atoms with Crippen molar-refractivity contribution in [3.05, 3.63) is 24.2 Å². The first-order valence-corrected chi connectivity index (χ1v) is 6.81. The molecule has 1 aliphatic rings. The van der Waals surface area contributed by atoms with Gasteiger partial charge in [0.1, 0.15) is 11.9 Å². The third-order valence-electron chi connectivity index (χ3n) is 4.15. The molecule has 0 bridgehead atoms. The Balaban J connectivity index is 2.29. The summed E-state index contributed by atoms with van der Waals surface area (Å²) in [6.45, 7) is 8.26. The van der Waals surface area contributed by atoms with E-state index in [1.807, 2.05) is 33.8 Å². The summed E-state index contributed by atoms with van der Waals surface area (Å²) in [4.78, 5) is 12.4. The van der Waals surface area contributed by atoms with Crippen molar-refractivity contribution in [3.63, 3.8) is 0 Å². The average Bonchev–Trinajstić information content (AvgIpc) is 3.00. The fourth-order valence-electron chi connectivity index (χ4n) is 2.20. The summed E-state index contributed by atoms with van der Waals surface area (Å²) >= 11 is 0. The molecule has 1 aromatic heterocycles. The Kier molecular flexibility index (Phi) is 3.72. The van der Waals surface area contributed by atoms with E-state index >= 15 is 0 Å². The standard InChI is InChI=1S/C15H22O4/c1-5-14(3,4)13(16)19-15(8-10-17-11(15)2)12-7-6-9-18-12/h6-7,9,11H,5,8,10H2,1-4H3. The van der Waals surface area contributed by atoms with Gasteiger partial charge in [-0.05, 0) is 39.3 Å². The van der Waals surface area contributed by atoms with Crippen LogP contribution in [0.4, 0.5) is 0 Å². The first-order chi connectivity index (χ1) is 8.92. The molecule has 0 aromatic carbocycles. The molecule has 0 amide bonds. The van der Waals surface area contributed by atoms with E-state index in [-0.39, 0.29) is 12.1 Å². The summed E-state index contributed by atoms with van der Waals surface area (Å²) in [6.07, 6.45) is 2.76. The summed E-state index contributed by atoms with van der Waals surface area (Å²) < 4.78 is 16.9. The van der Waals surface area contributed by atoms with Crippen LogP contribution in [-0.2, 0) is 19.9 Å². The van der Waals surface area contributed by atoms with Gasteiger partial charge >= 0.3 is 5.97 Å². The topological polar surface area (TPSA) is 48.7 Å². The molecule has 0 saturated carbocycles. The average molecular weight is 266 g/mol. The van der Waals surface area contributed by atoms with Gasteiger partial charge in [-0.3, -0.25) is 4.79 Å². The van der Waals surface area contributed by atoms with Gasteiger partial charge < -0.3 is 13.9 Å². The van der Waals surface area contributed by atoms with Gasteiger partial charge in [-0.25, -0.2) is 0 Å². The molecule has 2 rings (SSSR count). The number of hydrogen-bond donors (Lipinski definition) is 0. The lowest BCUT2D eigenvalue weighted by Crippen LogP contribution is -2.42. The van der Waals surface area contributed by atoms with Crippen LogP contribution in [0.2, 0.25) is 0 Å². The van der Waals surface area contributed by atoms with E-state index < -0.39 is 11.0 Å². The smallest absolute Gasteiger partial charge is 0.312 e. The lowest BCUT2D eigenvalue weighted by atomic mass is 9.88. The van der Waals surface area contributed by atoms with Gasteiger partial charge in [0.15, 0.2) is 5.60 Å². The molecule has 4 nitrogen and oxygen atoms in total. The van der Waals surface area contributed by atoms with Crippen LogP contribution in [0.1, 0.15) is 46.3 Å². The van der Waals surface area contributed by atoms with Crippen LogP contribution in [0.25, 0.3) is 0 Å². The van der Waals surface area contributed by atoms with Gasteiger partial charge in [-0.15, -0.1) is 0 Å². The molecule has 1 fully saturated rings. The minimum absolute atomic E-state index is 0.199. The highest BCUT2D eigenvalue weighted by atomic mass is 16.6. The van der Waals surface area contributed by atoms with Crippen LogP contribution in [0.15, 0.2) is 22.8 Å². The van der Waals surface area contributed by atoms with E-state index in [9.17, 15) is 4.79 Å². The largest absolute Gasteiger partial charge is 0.465 e. The number of carbonyl (C=O) groups excluding carboxylic acids is 1. The zero-order chi connectivity index (χ0) is 14.1. The minimum Gasteiger partial charge on any atom is -0.465 e. The van der Waals surface area contributed by atoms with Gasteiger partial charge in [0.2, 0.25) is 0 Å². The zero-order valence-corrected chi connectivity index (χ0v) is 12.1. The van der Waals surface area contributed by atoms with E-state index in [0.717, 1.165) is 6.42 Å². The molecule has 0 N–H and O–H groups in total. The summed E-state index contributed by atoms with van der Waals surface area (Å²) in [5.41, 5.74) is -1.28. The number of furan rings is 1. The highest BCUT2D eigenvalue weighted by Crippen LogP contribution is 2.41. The first kappa shape index (κ1) is 14.1. The van der Waals surface area contributed by atoms with Crippen molar-refractivity contribution < 1.29 is 18.7 Å². The molecule has 2 atom stereocenters. The fraction of sp³-hybridized carbons (Fsp3) is 0.667. The Morgan fingerprint density at radius 1 is 1.58 bits per heavy atom. The molecule has 106 valence electrons. The molecule has 2 unspecified atom stereocenters. The summed E-state index contributed by atoms with van der Waals surface area (Å²) in [7, 11) is 0. The molecule has 0 aliphatic carbocycles. The Morgan fingerprint density at radius 3 is 2.79 bits per heavy atom. The molecule has 1 aromatic rings. The second kappa shape index (κ2) is 5.00. The number of ether oxygens (including phenoxy) is 2. The maximum Gasteiger partial charge on any atom is 0.312 e. The third-order valence-corrected chi connectivity index (χ3v) is 4.15. The van der Waals surface area contributed by atoms with Gasteiger partial charge in [-0.2, -0.15) is 0 Å². The van der Waals surface area contributed by atoms with Gasteiger partial charge in [0, 0.05) is 6.42 Å². The van der Waals surface area contributed by atoms with Crippen LogP contribution >= 0.6 is 0 Å². The summed E-state index contributed by atoms with van der Waals surface area (Å²) in [6, 6.07) is 3.65. The van der Waals surface area contributed by atoms with E-state index in [1.165, 1.54) is 0 Å². The van der Waals surface area contributed by atoms with Crippen molar-refractivity contribution >= 4 is 5.97 Å². The lowest BCUT2D eigenvalue weighted by molar-refractivity contribution is -0.180. The van der Waals surface area contributed by atoms with Crippen LogP contribution in [-0.4, -0.2) is 18.7 Å². The molecule has 1 aliphatic heterocycles. The molecule has 2 heterocycles. The first-order valence-electron chi connectivity index (χ1n) is 6.81. The highest BCUT2D eigenvalue weighted by molar-refractivity contribution is 5.76. The number of hydrogen-bond acceptors (Lipinski definition) is 4. The number of carbonyl (C=O) groups is 1. The summed E-state index contributed by atoms with van der Waals surface area (Å²) in [5, 5.41) is 0.